The summed E-state index contributed by atoms with van der Waals surface area (Å²) in [5, 5.41) is 13.3. The van der Waals surface area contributed by atoms with Crippen LogP contribution >= 0.6 is 0 Å². The third-order valence-electron chi connectivity index (χ3n) is 3.01. The lowest BCUT2D eigenvalue weighted by Gasteiger charge is -1.96. The number of aromatic hydroxyl groups is 1. The Hall–Kier alpha value is -2.55. The van der Waals surface area contributed by atoms with Crippen molar-refractivity contribution in [2.45, 2.75) is 6.92 Å². The molecule has 1 heterocycles. The lowest BCUT2D eigenvalue weighted by molar-refractivity contribution is 0.434. The lowest BCUT2D eigenvalue weighted by Crippen LogP contribution is -1.77. The fourth-order valence-corrected chi connectivity index (χ4v) is 1.90. The first-order valence-corrected chi connectivity index (χ1v) is 6.05. The molecule has 3 aromatic rings. The van der Waals surface area contributed by atoms with E-state index in [1.54, 1.807) is 24.3 Å². The molecule has 0 fully saturated rings. The summed E-state index contributed by atoms with van der Waals surface area (Å²) in [6.07, 6.45) is 0. The van der Waals surface area contributed by atoms with Gasteiger partial charge in [-0.25, -0.2) is 0 Å². The van der Waals surface area contributed by atoms with Gasteiger partial charge in [-0.15, -0.1) is 0 Å². The largest absolute Gasteiger partial charge is 0.508 e. The van der Waals surface area contributed by atoms with Crippen LogP contribution in [0.3, 0.4) is 0 Å². The summed E-state index contributed by atoms with van der Waals surface area (Å²) in [6, 6.07) is 16.9. The maximum absolute atomic E-state index is 9.27. The van der Waals surface area contributed by atoms with Crippen LogP contribution in [0.15, 0.2) is 59.1 Å². The number of nitrogens with zero attached hydrogens (tertiary/aromatic N) is 1. The Kier molecular flexibility index (Phi) is 2.80. The second-order valence-corrected chi connectivity index (χ2v) is 4.49. The highest BCUT2D eigenvalue weighted by atomic mass is 16.5. The molecular formula is C16H13NO2. The Morgan fingerprint density at radius 1 is 0.895 bits per heavy atom. The molecule has 0 amide bonds. The van der Waals surface area contributed by atoms with Crippen molar-refractivity contribution in [3.63, 3.8) is 0 Å². The maximum atomic E-state index is 9.27. The molecule has 2 aromatic carbocycles. The van der Waals surface area contributed by atoms with Crippen molar-refractivity contribution in [2.75, 3.05) is 0 Å². The summed E-state index contributed by atoms with van der Waals surface area (Å²) in [5.41, 5.74) is 3.94. The van der Waals surface area contributed by atoms with Crippen LogP contribution in [0.5, 0.6) is 5.75 Å². The van der Waals surface area contributed by atoms with Gasteiger partial charge in [0.25, 0.3) is 0 Å². The van der Waals surface area contributed by atoms with Gasteiger partial charge in [-0.2, -0.15) is 0 Å². The number of phenolic OH excluding ortho intramolecular Hbond substituents is 1. The number of phenols is 1. The lowest BCUT2D eigenvalue weighted by atomic mass is 10.1. The van der Waals surface area contributed by atoms with Crippen LogP contribution < -0.4 is 0 Å². The van der Waals surface area contributed by atoms with Crippen LogP contribution in [0.1, 0.15) is 5.56 Å². The Bertz CT molecular complexity index is 622. The number of aromatic nitrogens is 1. The topological polar surface area (TPSA) is 46.3 Å². The van der Waals surface area contributed by atoms with Gasteiger partial charge in [0.1, 0.15) is 11.4 Å². The highest BCUT2D eigenvalue weighted by Crippen LogP contribution is 2.27. The molecule has 0 aliphatic heterocycles. The molecule has 0 aliphatic rings. The molecule has 0 radical (unpaired) electrons. The van der Waals surface area contributed by atoms with Crippen LogP contribution in [-0.2, 0) is 0 Å². The van der Waals surface area contributed by atoms with E-state index in [-0.39, 0.29) is 5.75 Å². The quantitative estimate of drug-likeness (QED) is 0.748. The van der Waals surface area contributed by atoms with E-state index in [1.807, 2.05) is 30.3 Å². The smallest absolute Gasteiger partial charge is 0.167 e. The van der Waals surface area contributed by atoms with Gasteiger partial charge in [0, 0.05) is 17.2 Å². The van der Waals surface area contributed by atoms with E-state index in [0.717, 1.165) is 16.8 Å². The van der Waals surface area contributed by atoms with Crippen LogP contribution in [0, 0.1) is 6.92 Å². The maximum Gasteiger partial charge on any atom is 0.167 e. The van der Waals surface area contributed by atoms with E-state index in [9.17, 15) is 5.11 Å². The minimum atomic E-state index is 0.238. The first-order chi connectivity index (χ1) is 9.22. The summed E-state index contributed by atoms with van der Waals surface area (Å²) in [5.74, 6) is 0.928. The van der Waals surface area contributed by atoms with Crippen molar-refractivity contribution in [1.29, 1.82) is 0 Å². The molecule has 0 atom stereocenters. The molecular weight excluding hydrogens is 238 g/mol. The van der Waals surface area contributed by atoms with Crippen molar-refractivity contribution in [2.24, 2.45) is 0 Å². The van der Waals surface area contributed by atoms with Gasteiger partial charge in [0.05, 0.1) is 0 Å². The summed E-state index contributed by atoms with van der Waals surface area (Å²) in [7, 11) is 0. The summed E-state index contributed by atoms with van der Waals surface area (Å²) in [4.78, 5) is 0. The first-order valence-electron chi connectivity index (χ1n) is 6.05. The fraction of sp³-hybridized carbons (Fsp3) is 0.0625. The zero-order valence-electron chi connectivity index (χ0n) is 10.5. The Balaban J connectivity index is 1.95. The van der Waals surface area contributed by atoms with Gasteiger partial charge in [0.15, 0.2) is 5.76 Å². The molecule has 3 heteroatoms. The molecule has 19 heavy (non-hydrogen) atoms. The standard InChI is InChI=1S/C16H13NO2/c1-11-2-4-12(5-3-11)15-10-16(19-17-15)13-6-8-14(18)9-7-13/h2-10,18H,1H3. The zero-order chi connectivity index (χ0) is 13.2. The normalized spacial score (nSPS) is 10.6. The molecule has 0 spiro atoms. The minimum Gasteiger partial charge on any atom is -0.508 e. The second-order valence-electron chi connectivity index (χ2n) is 4.49. The molecule has 0 saturated carbocycles. The predicted molar refractivity (Wildman–Crippen MR) is 73.8 cm³/mol. The summed E-state index contributed by atoms with van der Waals surface area (Å²) in [6.45, 7) is 2.05. The van der Waals surface area contributed by atoms with E-state index in [2.05, 4.69) is 12.1 Å². The number of benzene rings is 2. The van der Waals surface area contributed by atoms with Gasteiger partial charge in [-0.3, -0.25) is 0 Å². The molecule has 0 unspecified atom stereocenters. The molecule has 0 aliphatic carbocycles. The summed E-state index contributed by atoms with van der Waals surface area (Å²) < 4.78 is 5.34. The molecule has 1 aromatic heterocycles. The Labute approximate surface area is 111 Å². The van der Waals surface area contributed by atoms with Gasteiger partial charge in [-0.1, -0.05) is 35.0 Å². The van der Waals surface area contributed by atoms with Crippen LogP contribution in [0.2, 0.25) is 0 Å². The van der Waals surface area contributed by atoms with Gasteiger partial charge in [0.2, 0.25) is 0 Å². The third-order valence-corrected chi connectivity index (χ3v) is 3.01. The summed E-state index contributed by atoms with van der Waals surface area (Å²) >= 11 is 0. The van der Waals surface area contributed by atoms with E-state index < -0.39 is 0 Å². The van der Waals surface area contributed by atoms with Crippen LogP contribution in [0.4, 0.5) is 0 Å². The Morgan fingerprint density at radius 3 is 2.21 bits per heavy atom. The predicted octanol–water partition coefficient (Wildman–Crippen LogP) is 4.02. The van der Waals surface area contributed by atoms with E-state index in [0.29, 0.717) is 5.76 Å². The molecule has 0 bridgehead atoms. The van der Waals surface area contributed by atoms with Crippen LogP contribution in [-0.4, -0.2) is 10.3 Å². The van der Waals surface area contributed by atoms with E-state index in [4.69, 9.17) is 4.52 Å². The first kappa shape index (κ1) is 11.5. The zero-order valence-corrected chi connectivity index (χ0v) is 10.5. The minimum absolute atomic E-state index is 0.238. The molecule has 3 nitrogen and oxygen atoms in total. The second kappa shape index (κ2) is 4.61. The average Bonchev–Trinajstić information content (AvgIpc) is 2.90. The molecule has 94 valence electrons. The van der Waals surface area contributed by atoms with Crippen LogP contribution in [0.25, 0.3) is 22.6 Å². The third kappa shape index (κ3) is 2.36. The molecule has 3 rings (SSSR count). The highest BCUT2D eigenvalue weighted by molar-refractivity contribution is 5.67. The van der Waals surface area contributed by atoms with Crippen molar-refractivity contribution >= 4 is 0 Å². The number of hydrogen-bond acceptors (Lipinski definition) is 3. The number of hydrogen-bond donors (Lipinski definition) is 1. The van der Waals surface area contributed by atoms with E-state index >= 15 is 0 Å². The number of rotatable bonds is 2. The van der Waals surface area contributed by atoms with Crippen molar-refractivity contribution < 1.29 is 9.63 Å². The monoisotopic (exact) mass is 251 g/mol. The van der Waals surface area contributed by atoms with Gasteiger partial charge < -0.3 is 9.63 Å². The van der Waals surface area contributed by atoms with Gasteiger partial charge in [-0.05, 0) is 31.2 Å². The molecule has 0 saturated heterocycles. The van der Waals surface area contributed by atoms with Crippen molar-refractivity contribution in [1.82, 2.24) is 5.16 Å². The SMILES string of the molecule is Cc1ccc(-c2cc(-c3ccc(O)cc3)on2)cc1. The van der Waals surface area contributed by atoms with E-state index in [1.165, 1.54) is 5.56 Å². The highest BCUT2D eigenvalue weighted by Gasteiger charge is 2.08. The average molecular weight is 251 g/mol. The van der Waals surface area contributed by atoms with Gasteiger partial charge >= 0.3 is 0 Å². The number of aryl methyl sites for hydroxylation is 1. The fourth-order valence-electron chi connectivity index (χ4n) is 1.90. The Morgan fingerprint density at radius 2 is 1.53 bits per heavy atom. The van der Waals surface area contributed by atoms with Crippen molar-refractivity contribution in [3.05, 3.63) is 60.2 Å². The van der Waals surface area contributed by atoms with Crippen molar-refractivity contribution in [3.8, 4) is 28.3 Å². The molecule has 1 N–H and O–H groups in total.